The third kappa shape index (κ3) is 5.11. The zero-order valence-corrected chi connectivity index (χ0v) is 19.1. The molecule has 2 fully saturated rings. The molecule has 1 aromatic carbocycles. The molecule has 8 heteroatoms. The van der Waals surface area contributed by atoms with Crippen LogP contribution in [0, 0.1) is 11.8 Å². The van der Waals surface area contributed by atoms with Crippen LogP contribution in [0.1, 0.15) is 57.8 Å². The van der Waals surface area contributed by atoms with Crippen LogP contribution in [-0.2, 0) is 11.4 Å². The van der Waals surface area contributed by atoms with E-state index in [0.717, 1.165) is 30.2 Å². The molecule has 30 heavy (non-hydrogen) atoms. The molecular weight excluding hydrogens is 420 g/mol. The van der Waals surface area contributed by atoms with Gasteiger partial charge >= 0.3 is 0 Å². The van der Waals surface area contributed by atoms with Gasteiger partial charge < -0.3 is 10.1 Å². The highest BCUT2D eigenvalue weighted by atomic mass is 35.5. The number of halogens is 1. The summed E-state index contributed by atoms with van der Waals surface area (Å²) in [7, 11) is 0. The summed E-state index contributed by atoms with van der Waals surface area (Å²) >= 11 is 7.63. The van der Waals surface area contributed by atoms with E-state index in [-0.39, 0.29) is 11.9 Å². The smallest absolute Gasteiger partial charge is 0.230 e. The summed E-state index contributed by atoms with van der Waals surface area (Å²) < 4.78 is 7.98. The predicted octanol–water partition coefficient (Wildman–Crippen LogP) is 4.88. The van der Waals surface area contributed by atoms with Gasteiger partial charge in [-0.3, -0.25) is 9.36 Å². The van der Waals surface area contributed by atoms with Crippen molar-refractivity contribution in [3.05, 3.63) is 35.1 Å². The lowest BCUT2D eigenvalue weighted by atomic mass is 9.78. The highest BCUT2D eigenvalue weighted by molar-refractivity contribution is 7.99. The molecule has 1 N–H and O–H groups in total. The number of hydrogen-bond donors (Lipinski definition) is 1. The normalized spacial score (nSPS) is 23.9. The molecule has 0 bridgehead atoms. The SMILES string of the molecule is C[C@H]1[C@H](C)CCC[C@H]1NC(=O)CSc1nnc(COc2ccccc2Cl)n1C1CC1. The molecule has 6 nitrogen and oxygen atoms in total. The summed E-state index contributed by atoms with van der Waals surface area (Å²) in [6.07, 6.45) is 5.73. The van der Waals surface area contributed by atoms with Gasteiger partial charge in [-0.25, -0.2) is 0 Å². The molecule has 4 rings (SSSR count). The van der Waals surface area contributed by atoms with Crippen LogP contribution in [0.5, 0.6) is 5.75 Å². The second kappa shape index (κ2) is 9.60. The zero-order valence-electron chi connectivity index (χ0n) is 17.5. The Morgan fingerprint density at radius 1 is 1.23 bits per heavy atom. The van der Waals surface area contributed by atoms with Crippen molar-refractivity contribution in [2.45, 2.75) is 69.8 Å². The highest BCUT2D eigenvalue weighted by Crippen LogP contribution is 2.39. The Hall–Kier alpha value is -1.73. The maximum absolute atomic E-state index is 12.6. The van der Waals surface area contributed by atoms with Crippen molar-refractivity contribution in [1.29, 1.82) is 0 Å². The van der Waals surface area contributed by atoms with Crippen LogP contribution in [0.2, 0.25) is 5.02 Å². The van der Waals surface area contributed by atoms with E-state index in [0.29, 0.717) is 41.0 Å². The van der Waals surface area contributed by atoms with Crippen molar-refractivity contribution in [2.24, 2.45) is 11.8 Å². The van der Waals surface area contributed by atoms with Gasteiger partial charge in [-0.05, 0) is 43.2 Å². The summed E-state index contributed by atoms with van der Waals surface area (Å²) in [5.74, 6) is 3.02. The number of nitrogens with zero attached hydrogens (tertiary/aromatic N) is 3. The minimum atomic E-state index is 0.0742. The number of thioether (sulfide) groups is 1. The van der Waals surface area contributed by atoms with E-state index in [2.05, 4.69) is 33.9 Å². The van der Waals surface area contributed by atoms with E-state index in [9.17, 15) is 4.79 Å². The Morgan fingerprint density at radius 3 is 2.80 bits per heavy atom. The van der Waals surface area contributed by atoms with E-state index in [1.807, 2.05) is 18.2 Å². The first kappa shape index (κ1) is 21.5. The number of carbonyl (C=O) groups excluding carboxylic acids is 1. The second-order valence-corrected chi connectivity index (χ2v) is 9.80. The standard InChI is InChI=1S/C22H29ClN4O2S/c1-14-6-5-8-18(15(14)2)24-21(28)13-30-22-26-25-20(27(22)16-10-11-16)12-29-19-9-4-3-7-17(19)23/h3-4,7,9,14-16,18H,5-6,8,10-13H2,1-2H3,(H,24,28)/t14-,15+,18-/m1/s1. The van der Waals surface area contributed by atoms with Crippen LogP contribution in [0.3, 0.4) is 0 Å². The van der Waals surface area contributed by atoms with Crippen LogP contribution in [0.4, 0.5) is 0 Å². The molecule has 1 aromatic heterocycles. The molecule has 2 saturated carbocycles. The predicted molar refractivity (Wildman–Crippen MR) is 119 cm³/mol. The number of hydrogen-bond acceptors (Lipinski definition) is 5. The lowest BCUT2D eigenvalue weighted by Gasteiger charge is -2.34. The summed E-state index contributed by atoms with van der Waals surface area (Å²) in [4.78, 5) is 12.6. The molecule has 3 atom stereocenters. The Balaban J connectivity index is 1.35. The van der Waals surface area contributed by atoms with Gasteiger partial charge in [-0.1, -0.05) is 62.2 Å². The largest absolute Gasteiger partial charge is 0.484 e. The topological polar surface area (TPSA) is 69.0 Å². The zero-order chi connectivity index (χ0) is 21.1. The van der Waals surface area contributed by atoms with Gasteiger partial charge in [0.15, 0.2) is 11.0 Å². The molecule has 1 heterocycles. The fraction of sp³-hybridized carbons (Fsp3) is 0.591. The van der Waals surface area contributed by atoms with Crippen LogP contribution < -0.4 is 10.1 Å². The first-order valence-electron chi connectivity index (χ1n) is 10.8. The molecule has 0 unspecified atom stereocenters. The van der Waals surface area contributed by atoms with Crippen LogP contribution in [0.15, 0.2) is 29.4 Å². The maximum atomic E-state index is 12.6. The van der Waals surface area contributed by atoms with E-state index < -0.39 is 0 Å². The molecule has 2 aliphatic carbocycles. The number of ether oxygens (including phenoxy) is 1. The average Bonchev–Trinajstić information content (AvgIpc) is 3.49. The third-order valence-corrected chi connectivity index (χ3v) is 7.48. The summed E-state index contributed by atoms with van der Waals surface area (Å²) in [5, 5.41) is 13.3. The molecule has 1 amide bonds. The minimum Gasteiger partial charge on any atom is -0.484 e. The van der Waals surface area contributed by atoms with E-state index in [1.54, 1.807) is 6.07 Å². The molecule has 0 saturated heterocycles. The van der Waals surface area contributed by atoms with Crippen molar-refractivity contribution >= 4 is 29.3 Å². The Morgan fingerprint density at radius 2 is 2.03 bits per heavy atom. The van der Waals surface area contributed by atoms with Crippen LogP contribution in [0.25, 0.3) is 0 Å². The Bertz CT molecular complexity index is 886. The minimum absolute atomic E-state index is 0.0742. The molecule has 0 spiro atoms. The number of aromatic nitrogens is 3. The number of para-hydroxylation sites is 1. The summed E-state index contributed by atoms with van der Waals surface area (Å²) in [6.45, 7) is 4.83. The monoisotopic (exact) mass is 448 g/mol. The number of amides is 1. The van der Waals surface area contributed by atoms with Crippen molar-refractivity contribution in [2.75, 3.05) is 5.75 Å². The number of rotatable bonds is 8. The van der Waals surface area contributed by atoms with Gasteiger partial charge in [-0.15, -0.1) is 10.2 Å². The summed E-state index contributed by atoms with van der Waals surface area (Å²) in [6, 6.07) is 8.08. The van der Waals surface area contributed by atoms with Crippen molar-refractivity contribution < 1.29 is 9.53 Å². The van der Waals surface area contributed by atoms with Gasteiger partial charge in [0.25, 0.3) is 0 Å². The van der Waals surface area contributed by atoms with E-state index >= 15 is 0 Å². The number of nitrogens with one attached hydrogen (secondary N) is 1. The third-order valence-electron chi connectivity index (χ3n) is 6.23. The van der Waals surface area contributed by atoms with Gasteiger partial charge in [0.1, 0.15) is 12.4 Å². The van der Waals surface area contributed by atoms with Crippen molar-refractivity contribution in [1.82, 2.24) is 20.1 Å². The second-order valence-electron chi connectivity index (χ2n) is 8.45. The number of benzene rings is 1. The van der Waals surface area contributed by atoms with Crippen LogP contribution in [-0.4, -0.2) is 32.5 Å². The quantitative estimate of drug-likeness (QED) is 0.583. The highest BCUT2D eigenvalue weighted by Gasteiger charge is 2.31. The first-order valence-corrected chi connectivity index (χ1v) is 12.1. The molecular formula is C22H29ClN4O2S. The van der Waals surface area contributed by atoms with Crippen LogP contribution >= 0.6 is 23.4 Å². The van der Waals surface area contributed by atoms with E-state index in [1.165, 1.54) is 24.6 Å². The van der Waals surface area contributed by atoms with Gasteiger partial charge in [0.2, 0.25) is 5.91 Å². The average molecular weight is 449 g/mol. The van der Waals surface area contributed by atoms with Gasteiger partial charge in [0, 0.05) is 12.1 Å². The molecule has 0 aliphatic heterocycles. The molecule has 2 aliphatic rings. The Labute approximate surface area is 187 Å². The van der Waals surface area contributed by atoms with Gasteiger partial charge in [0.05, 0.1) is 10.8 Å². The van der Waals surface area contributed by atoms with Crippen molar-refractivity contribution in [3.63, 3.8) is 0 Å². The lowest BCUT2D eigenvalue weighted by Crippen LogP contribution is -2.44. The maximum Gasteiger partial charge on any atom is 0.230 e. The first-order chi connectivity index (χ1) is 14.5. The molecule has 0 radical (unpaired) electrons. The molecule has 2 aromatic rings. The van der Waals surface area contributed by atoms with E-state index in [4.69, 9.17) is 16.3 Å². The van der Waals surface area contributed by atoms with Gasteiger partial charge in [-0.2, -0.15) is 0 Å². The summed E-state index contributed by atoms with van der Waals surface area (Å²) in [5.41, 5.74) is 0. The Kier molecular flexibility index (Phi) is 6.88. The fourth-order valence-electron chi connectivity index (χ4n) is 4.07. The fourth-order valence-corrected chi connectivity index (χ4v) is 5.10. The molecule has 162 valence electrons. The lowest BCUT2D eigenvalue weighted by molar-refractivity contribution is -0.120. The van der Waals surface area contributed by atoms with Crippen molar-refractivity contribution in [3.8, 4) is 5.75 Å². The number of carbonyl (C=O) groups is 1.